The monoisotopic (exact) mass is 420 g/mol. The molecule has 4 rings (SSSR count). The van der Waals surface area contributed by atoms with Crippen molar-refractivity contribution in [2.45, 2.75) is 53.0 Å². The Kier molecular flexibility index (Phi) is 5.87. The van der Waals surface area contributed by atoms with Crippen LogP contribution in [-0.4, -0.2) is 31.3 Å². The molecule has 3 heterocycles. The summed E-state index contributed by atoms with van der Waals surface area (Å²) in [5.74, 6) is 0.0219. The smallest absolute Gasteiger partial charge is 0.158 e. The summed E-state index contributed by atoms with van der Waals surface area (Å²) in [5, 5.41) is 15.6. The summed E-state index contributed by atoms with van der Waals surface area (Å²) < 4.78 is 16.4. The van der Waals surface area contributed by atoms with Crippen LogP contribution in [0.2, 0.25) is 0 Å². The van der Waals surface area contributed by atoms with Gasteiger partial charge >= 0.3 is 0 Å². The summed E-state index contributed by atoms with van der Waals surface area (Å²) in [6.07, 6.45) is 4.52. The first-order chi connectivity index (χ1) is 14.9. The number of benzene rings is 1. The topological polar surface area (TPSA) is 70.9 Å². The van der Waals surface area contributed by atoms with Crippen molar-refractivity contribution in [3.8, 4) is 22.5 Å². The maximum absolute atomic E-state index is 14.6. The maximum Gasteiger partial charge on any atom is 0.158 e. The molecule has 0 radical (unpaired) electrons. The highest BCUT2D eigenvalue weighted by Gasteiger charge is 2.21. The van der Waals surface area contributed by atoms with E-state index in [1.807, 2.05) is 32.2 Å². The number of halogens is 1. The largest absolute Gasteiger partial charge is 0.310 e. The van der Waals surface area contributed by atoms with Gasteiger partial charge in [0.05, 0.1) is 11.4 Å². The van der Waals surface area contributed by atoms with E-state index in [2.05, 4.69) is 52.4 Å². The summed E-state index contributed by atoms with van der Waals surface area (Å²) in [6, 6.07) is 7.29. The first-order valence-electron chi connectivity index (χ1n) is 10.8. The van der Waals surface area contributed by atoms with Gasteiger partial charge in [0.15, 0.2) is 5.65 Å². The Balaban J connectivity index is 1.81. The van der Waals surface area contributed by atoms with Gasteiger partial charge in [-0.2, -0.15) is 10.2 Å². The summed E-state index contributed by atoms with van der Waals surface area (Å²) in [7, 11) is 0. The van der Waals surface area contributed by atoms with Crippen LogP contribution in [0.1, 0.15) is 62.8 Å². The number of rotatable bonds is 7. The molecule has 6 nitrogen and oxygen atoms in total. The van der Waals surface area contributed by atoms with Crippen molar-refractivity contribution in [3.05, 3.63) is 59.3 Å². The first-order valence-corrected chi connectivity index (χ1v) is 10.8. The van der Waals surface area contributed by atoms with Gasteiger partial charge in [-0.15, -0.1) is 0 Å². The van der Waals surface area contributed by atoms with Crippen molar-refractivity contribution in [1.82, 2.24) is 30.1 Å². The van der Waals surface area contributed by atoms with E-state index in [0.717, 1.165) is 52.3 Å². The number of hydrogen-bond acceptors (Lipinski definition) is 4. The quantitative estimate of drug-likeness (QED) is 0.419. The fourth-order valence-electron chi connectivity index (χ4n) is 4.08. The van der Waals surface area contributed by atoms with Crippen LogP contribution in [0.15, 0.2) is 36.8 Å². The molecule has 4 aromatic rings. The van der Waals surface area contributed by atoms with E-state index in [9.17, 15) is 4.39 Å². The Hall–Kier alpha value is -3.06. The number of fused-ring (bicyclic) bond motifs is 1. The van der Waals surface area contributed by atoms with Crippen molar-refractivity contribution in [1.29, 1.82) is 0 Å². The van der Waals surface area contributed by atoms with E-state index in [0.29, 0.717) is 5.56 Å². The van der Waals surface area contributed by atoms with E-state index >= 15 is 0 Å². The second-order valence-corrected chi connectivity index (χ2v) is 8.37. The van der Waals surface area contributed by atoms with Gasteiger partial charge < -0.3 is 5.32 Å². The Bertz CT molecular complexity index is 1210. The Morgan fingerprint density at radius 1 is 1.16 bits per heavy atom. The molecule has 1 aromatic carbocycles. The molecule has 0 unspecified atom stereocenters. The molecule has 0 aliphatic heterocycles. The van der Waals surface area contributed by atoms with Crippen molar-refractivity contribution >= 4 is 5.65 Å². The molecule has 0 saturated heterocycles. The summed E-state index contributed by atoms with van der Waals surface area (Å²) in [4.78, 5) is 4.30. The number of aromatic nitrogens is 5. The molecule has 31 heavy (non-hydrogen) atoms. The molecule has 0 bridgehead atoms. The van der Waals surface area contributed by atoms with Gasteiger partial charge in [0.2, 0.25) is 0 Å². The van der Waals surface area contributed by atoms with Gasteiger partial charge in [0.25, 0.3) is 0 Å². The normalized spacial score (nSPS) is 12.7. The Labute approximate surface area is 181 Å². The minimum Gasteiger partial charge on any atom is -0.310 e. The predicted octanol–water partition coefficient (Wildman–Crippen LogP) is 5.42. The van der Waals surface area contributed by atoms with Crippen molar-refractivity contribution in [2.75, 3.05) is 6.54 Å². The number of nitrogens with one attached hydrogen (secondary N) is 2. The molecule has 1 atom stereocenters. The number of H-pyrrole nitrogens is 1. The molecule has 0 saturated carbocycles. The average molecular weight is 421 g/mol. The van der Waals surface area contributed by atoms with Crippen LogP contribution >= 0.6 is 0 Å². The Morgan fingerprint density at radius 3 is 2.71 bits per heavy atom. The van der Waals surface area contributed by atoms with E-state index < -0.39 is 0 Å². The number of aromatic amines is 1. The lowest BCUT2D eigenvalue weighted by atomic mass is 9.92. The lowest BCUT2D eigenvalue weighted by molar-refractivity contribution is 0.528. The SMILES string of the molecule is CCCN[C@@H](C)c1cc(-c2n[nH]c(-c3cc(C)c4ncnn4c3)c2C(C)C)ccc1F. The van der Waals surface area contributed by atoms with Gasteiger partial charge in [-0.1, -0.05) is 20.8 Å². The predicted molar refractivity (Wildman–Crippen MR) is 121 cm³/mol. The van der Waals surface area contributed by atoms with Crippen LogP contribution < -0.4 is 5.32 Å². The lowest BCUT2D eigenvalue weighted by Gasteiger charge is -2.16. The number of pyridine rings is 1. The van der Waals surface area contributed by atoms with E-state index in [1.54, 1.807) is 16.9 Å². The van der Waals surface area contributed by atoms with Crippen LogP contribution in [0.3, 0.4) is 0 Å². The first kappa shape index (κ1) is 21.2. The van der Waals surface area contributed by atoms with Crippen LogP contribution in [-0.2, 0) is 0 Å². The molecule has 0 amide bonds. The summed E-state index contributed by atoms with van der Waals surface area (Å²) >= 11 is 0. The molecule has 3 aromatic heterocycles. The molecule has 0 spiro atoms. The zero-order valence-corrected chi connectivity index (χ0v) is 18.7. The molecule has 0 aliphatic rings. The highest BCUT2D eigenvalue weighted by molar-refractivity contribution is 5.76. The minimum absolute atomic E-state index is 0.0711. The third-order valence-corrected chi connectivity index (χ3v) is 5.67. The number of nitrogens with zero attached hydrogens (tertiary/aromatic N) is 4. The second-order valence-electron chi connectivity index (χ2n) is 8.37. The summed E-state index contributed by atoms with van der Waals surface area (Å²) in [6.45, 7) is 11.3. The van der Waals surface area contributed by atoms with Crippen molar-refractivity contribution in [2.24, 2.45) is 0 Å². The van der Waals surface area contributed by atoms with Crippen molar-refractivity contribution < 1.29 is 4.39 Å². The van der Waals surface area contributed by atoms with Gasteiger partial charge in [-0.05, 0) is 62.6 Å². The lowest BCUT2D eigenvalue weighted by Crippen LogP contribution is -2.20. The number of aryl methyl sites for hydroxylation is 1. The zero-order valence-electron chi connectivity index (χ0n) is 18.7. The fourth-order valence-corrected chi connectivity index (χ4v) is 4.08. The molecular weight excluding hydrogens is 391 g/mol. The van der Waals surface area contributed by atoms with Crippen LogP contribution in [0, 0.1) is 12.7 Å². The molecular formula is C24H29FN6. The standard InChI is InChI=1S/C24H29FN6/c1-6-9-26-16(5)19-11-17(7-8-20(19)25)22-21(14(2)3)23(30-29-22)18-10-15(4)24-27-13-28-31(24)12-18/h7-8,10-14,16,26H,6,9H2,1-5H3,(H,29,30)/t16-/m0/s1. The molecule has 0 fully saturated rings. The van der Waals surface area contributed by atoms with Gasteiger partial charge in [0, 0.05) is 34.5 Å². The fraction of sp³-hybridized carbons (Fsp3) is 0.375. The van der Waals surface area contributed by atoms with Gasteiger partial charge in [0.1, 0.15) is 12.1 Å². The van der Waals surface area contributed by atoms with Crippen LogP contribution in [0.25, 0.3) is 28.2 Å². The molecule has 162 valence electrons. The Morgan fingerprint density at radius 2 is 1.97 bits per heavy atom. The second kappa shape index (κ2) is 8.59. The molecule has 2 N–H and O–H groups in total. The van der Waals surface area contributed by atoms with Gasteiger partial charge in [-0.25, -0.2) is 13.9 Å². The highest BCUT2D eigenvalue weighted by Crippen LogP contribution is 2.37. The van der Waals surface area contributed by atoms with E-state index in [-0.39, 0.29) is 17.8 Å². The maximum atomic E-state index is 14.6. The minimum atomic E-state index is -0.200. The van der Waals surface area contributed by atoms with Crippen LogP contribution in [0.4, 0.5) is 4.39 Å². The van der Waals surface area contributed by atoms with Gasteiger partial charge in [-0.3, -0.25) is 5.10 Å². The highest BCUT2D eigenvalue weighted by atomic mass is 19.1. The summed E-state index contributed by atoms with van der Waals surface area (Å²) in [5.41, 5.74) is 7.35. The van der Waals surface area contributed by atoms with E-state index in [1.165, 1.54) is 0 Å². The van der Waals surface area contributed by atoms with E-state index in [4.69, 9.17) is 0 Å². The third kappa shape index (κ3) is 3.97. The molecule has 0 aliphatic carbocycles. The average Bonchev–Trinajstić information content (AvgIpc) is 3.39. The number of hydrogen-bond donors (Lipinski definition) is 2. The van der Waals surface area contributed by atoms with Crippen molar-refractivity contribution in [3.63, 3.8) is 0 Å². The molecule has 7 heteroatoms. The van der Waals surface area contributed by atoms with Crippen LogP contribution in [0.5, 0.6) is 0 Å². The third-order valence-electron chi connectivity index (χ3n) is 5.67. The zero-order chi connectivity index (χ0) is 22.1.